The molecule has 1 atom stereocenters. The summed E-state index contributed by atoms with van der Waals surface area (Å²) in [6, 6.07) is 9.21. The Kier molecular flexibility index (Phi) is 4.71. The second-order valence-corrected chi connectivity index (χ2v) is 6.54. The topological polar surface area (TPSA) is 53.5 Å². The smallest absolute Gasteiger partial charge is 0.250 e. The van der Waals surface area contributed by atoms with Crippen LogP contribution >= 0.6 is 11.3 Å². The summed E-state index contributed by atoms with van der Waals surface area (Å²) >= 11 is 1.53. The maximum atomic E-state index is 13.1. The van der Waals surface area contributed by atoms with Crippen LogP contribution in [-0.2, 0) is 16.1 Å². The molecule has 1 aromatic carbocycles. The highest BCUT2D eigenvalue weighted by Crippen LogP contribution is 2.25. The second kappa shape index (κ2) is 6.91. The van der Waals surface area contributed by atoms with Gasteiger partial charge in [0.15, 0.2) is 0 Å². The van der Waals surface area contributed by atoms with Gasteiger partial charge in [-0.3, -0.25) is 9.59 Å². The molecule has 0 radical (unpaired) electrons. The number of carbonyl (C=O) groups excluding carboxylic acids is 2. The molecule has 0 N–H and O–H groups in total. The number of anilines is 1. The van der Waals surface area contributed by atoms with E-state index in [1.807, 2.05) is 35.7 Å². The number of likely N-dealkylation sites (tertiary alicyclic amines) is 1. The van der Waals surface area contributed by atoms with Crippen LogP contribution in [0.1, 0.15) is 24.8 Å². The molecule has 0 bridgehead atoms. The minimum atomic E-state index is -0.368. The average molecular weight is 329 g/mol. The molecule has 0 saturated carbocycles. The third kappa shape index (κ3) is 3.42. The maximum Gasteiger partial charge on any atom is 0.250 e. The monoisotopic (exact) mass is 329 g/mol. The lowest BCUT2D eigenvalue weighted by atomic mass is 10.1. The van der Waals surface area contributed by atoms with Gasteiger partial charge in [0.1, 0.15) is 11.0 Å². The first-order chi connectivity index (χ1) is 11.2. The zero-order valence-corrected chi connectivity index (χ0v) is 13.8. The molecule has 1 saturated heterocycles. The van der Waals surface area contributed by atoms with Crippen LogP contribution in [0.3, 0.4) is 0 Å². The molecule has 6 heteroatoms. The molecule has 1 aromatic heterocycles. The van der Waals surface area contributed by atoms with Crippen molar-refractivity contribution < 1.29 is 9.59 Å². The lowest BCUT2D eigenvalue weighted by molar-refractivity contribution is -0.135. The predicted molar refractivity (Wildman–Crippen MR) is 90.2 cm³/mol. The molecule has 2 amide bonds. The van der Waals surface area contributed by atoms with Gasteiger partial charge in [-0.15, -0.1) is 11.3 Å². The molecule has 0 spiro atoms. The molecule has 2 heterocycles. The fourth-order valence-electron chi connectivity index (χ4n) is 2.95. The van der Waals surface area contributed by atoms with E-state index in [9.17, 15) is 9.59 Å². The van der Waals surface area contributed by atoms with Crippen LogP contribution in [0.5, 0.6) is 0 Å². The Bertz CT molecular complexity index is 672. The predicted octanol–water partition coefficient (Wildman–Crippen LogP) is 2.69. The largest absolute Gasteiger partial charge is 0.331 e. The van der Waals surface area contributed by atoms with Crippen LogP contribution in [0.15, 0.2) is 41.9 Å². The lowest BCUT2D eigenvalue weighted by Gasteiger charge is -2.29. The van der Waals surface area contributed by atoms with E-state index in [2.05, 4.69) is 4.98 Å². The zero-order valence-electron chi connectivity index (χ0n) is 13.0. The molecule has 1 aliphatic heterocycles. The van der Waals surface area contributed by atoms with Gasteiger partial charge in [0, 0.05) is 30.7 Å². The summed E-state index contributed by atoms with van der Waals surface area (Å²) in [5.74, 6) is -0.0674. The van der Waals surface area contributed by atoms with Gasteiger partial charge in [-0.05, 0) is 25.0 Å². The summed E-state index contributed by atoms with van der Waals surface area (Å²) < 4.78 is 0. The first-order valence-electron chi connectivity index (χ1n) is 7.69. The van der Waals surface area contributed by atoms with Crippen LogP contribution in [0.2, 0.25) is 0 Å². The standard InChI is InChI=1S/C17H19N3O2S/c1-13(21)19-10-5-8-15(19)17(22)20(12-16-18-9-11-23-16)14-6-3-2-4-7-14/h2-4,6-7,9,11,15H,5,8,10,12H2,1H3/t15-/m1/s1. The summed E-state index contributed by atoms with van der Waals surface area (Å²) in [5, 5.41) is 2.79. The van der Waals surface area contributed by atoms with Crippen molar-refractivity contribution >= 4 is 28.8 Å². The van der Waals surface area contributed by atoms with Crippen molar-refractivity contribution in [3.05, 3.63) is 46.9 Å². The summed E-state index contributed by atoms with van der Waals surface area (Å²) in [6.07, 6.45) is 3.33. The highest BCUT2D eigenvalue weighted by atomic mass is 32.1. The lowest BCUT2D eigenvalue weighted by Crippen LogP contribution is -2.47. The molecular formula is C17H19N3O2S. The summed E-state index contributed by atoms with van der Waals surface area (Å²) in [7, 11) is 0. The van der Waals surface area contributed by atoms with Crippen LogP contribution in [0.25, 0.3) is 0 Å². The van der Waals surface area contributed by atoms with Crippen molar-refractivity contribution in [1.82, 2.24) is 9.88 Å². The summed E-state index contributed by atoms with van der Waals surface area (Å²) in [6.45, 7) is 2.62. The number of para-hydroxylation sites is 1. The van der Waals surface area contributed by atoms with E-state index >= 15 is 0 Å². The average Bonchev–Trinajstić information content (AvgIpc) is 3.24. The molecule has 3 rings (SSSR count). The second-order valence-electron chi connectivity index (χ2n) is 5.56. The fourth-order valence-corrected chi connectivity index (χ4v) is 3.56. The Morgan fingerprint density at radius 3 is 2.78 bits per heavy atom. The molecule has 1 fully saturated rings. The van der Waals surface area contributed by atoms with E-state index in [0.717, 1.165) is 23.5 Å². The normalized spacial score (nSPS) is 17.3. The van der Waals surface area contributed by atoms with Crippen molar-refractivity contribution in [2.45, 2.75) is 32.4 Å². The maximum absolute atomic E-state index is 13.1. The van der Waals surface area contributed by atoms with Crippen molar-refractivity contribution in [2.24, 2.45) is 0 Å². The van der Waals surface area contributed by atoms with Gasteiger partial charge in [0.25, 0.3) is 0 Å². The summed E-state index contributed by atoms with van der Waals surface area (Å²) in [4.78, 5) is 32.6. The molecule has 0 aliphatic carbocycles. The Hall–Kier alpha value is -2.21. The van der Waals surface area contributed by atoms with Crippen molar-refractivity contribution in [2.75, 3.05) is 11.4 Å². The highest BCUT2D eigenvalue weighted by molar-refractivity contribution is 7.09. The highest BCUT2D eigenvalue weighted by Gasteiger charge is 2.35. The number of benzene rings is 1. The van der Waals surface area contributed by atoms with Gasteiger partial charge in [-0.25, -0.2) is 4.98 Å². The number of thiazole rings is 1. The van der Waals surface area contributed by atoms with E-state index in [0.29, 0.717) is 13.1 Å². The Balaban J connectivity index is 1.88. The quantitative estimate of drug-likeness (QED) is 0.866. The van der Waals surface area contributed by atoms with Crippen molar-refractivity contribution in [3.8, 4) is 0 Å². The van der Waals surface area contributed by atoms with Crippen molar-refractivity contribution in [3.63, 3.8) is 0 Å². The summed E-state index contributed by atoms with van der Waals surface area (Å²) in [5.41, 5.74) is 0.836. The molecular weight excluding hydrogens is 310 g/mol. The van der Waals surface area contributed by atoms with E-state index in [1.165, 1.54) is 18.3 Å². The first kappa shape index (κ1) is 15.7. The van der Waals surface area contributed by atoms with Crippen LogP contribution in [-0.4, -0.2) is 34.3 Å². The van der Waals surface area contributed by atoms with Crippen LogP contribution < -0.4 is 4.90 Å². The number of amides is 2. The van der Waals surface area contributed by atoms with Gasteiger partial charge in [-0.1, -0.05) is 18.2 Å². The first-order valence-corrected chi connectivity index (χ1v) is 8.57. The van der Waals surface area contributed by atoms with Gasteiger partial charge in [0.05, 0.1) is 6.54 Å². The number of nitrogens with zero attached hydrogens (tertiary/aromatic N) is 3. The van der Waals surface area contributed by atoms with Gasteiger partial charge < -0.3 is 9.80 Å². The van der Waals surface area contributed by atoms with Gasteiger partial charge in [0.2, 0.25) is 11.8 Å². The Morgan fingerprint density at radius 1 is 1.35 bits per heavy atom. The molecule has 120 valence electrons. The SMILES string of the molecule is CC(=O)N1CCC[C@@H]1C(=O)N(Cc1nccs1)c1ccccc1. The minimum Gasteiger partial charge on any atom is -0.331 e. The van der Waals surface area contributed by atoms with E-state index in [-0.39, 0.29) is 17.9 Å². The van der Waals surface area contributed by atoms with Gasteiger partial charge >= 0.3 is 0 Å². The number of rotatable bonds is 4. The molecule has 5 nitrogen and oxygen atoms in total. The minimum absolute atomic E-state index is 0.0286. The van der Waals surface area contributed by atoms with Crippen molar-refractivity contribution in [1.29, 1.82) is 0 Å². The van der Waals surface area contributed by atoms with Crippen LogP contribution in [0, 0.1) is 0 Å². The number of hydrogen-bond donors (Lipinski definition) is 0. The number of carbonyl (C=O) groups is 2. The van der Waals surface area contributed by atoms with Crippen LogP contribution in [0.4, 0.5) is 5.69 Å². The number of hydrogen-bond acceptors (Lipinski definition) is 4. The third-order valence-electron chi connectivity index (χ3n) is 4.05. The molecule has 2 aromatic rings. The fraction of sp³-hybridized carbons (Fsp3) is 0.353. The zero-order chi connectivity index (χ0) is 16.2. The molecule has 1 aliphatic rings. The third-order valence-corrected chi connectivity index (χ3v) is 4.82. The van der Waals surface area contributed by atoms with E-state index in [4.69, 9.17) is 0 Å². The number of aromatic nitrogens is 1. The Labute approximate surface area is 139 Å². The van der Waals surface area contributed by atoms with E-state index in [1.54, 1.807) is 16.0 Å². The Morgan fingerprint density at radius 2 is 2.13 bits per heavy atom. The van der Waals surface area contributed by atoms with E-state index < -0.39 is 0 Å². The van der Waals surface area contributed by atoms with Gasteiger partial charge in [-0.2, -0.15) is 0 Å². The molecule has 0 unspecified atom stereocenters. The molecule has 23 heavy (non-hydrogen) atoms.